The molecule has 0 aliphatic carbocycles. The lowest BCUT2D eigenvalue weighted by Gasteiger charge is -1.96. The Morgan fingerprint density at radius 1 is 0.875 bits per heavy atom. The van der Waals surface area contributed by atoms with E-state index in [2.05, 4.69) is 0 Å². The van der Waals surface area contributed by atoms with Crippen molar-refractivity contribution in [3.63, 3.8) is 0 Å². The van der Waals surface area contributed by atoms with Gasteiger partial charge in [0.15, 0.2) is 0 Å². The summed E-state index contributed by atoms with van der Waals surface area (Å²) in [6, 6.07) is 19.3. The van der Waals surface area contributed by atoms with Gasteiger partial charge in [0.25, 0.3) is 0 Å². The van der Waals surface area contributed by atoms with Crippen LogP contribution in [0.25, 0.3) is 0 Å². The molecule has 2 aromatic carbocycles. The molecule has 0 heterocycles. The largest absolute Gasteiger partial charge is 0.399 e. The standard InChI is InChI=1S/C8H10N2.C6H6/c1-6(9)7-2-4-8(10)5-3-7;1-2-4-6-5-3-1/h2-5,9H,10H2,1H3;1-6H. The van der Waals surface area contributed by atoms with Crippen LogP contribution in [0.5, 0.6) is 0 Å². The van der Waals surface area contributed by atoms with Crippen LogP contribution < -0.4 is 5.73 Å². The summed E-state index contributed by atoms with van der Waals surface area (Å²) in [5.41, 5.74) is 7.69. The fourth-order valence-corrected chi connectivity index (χ4v) is 1.12. The van der Waals surface area contributed by atoms with Crippen molar-refractivity contribution >= 4 is 11.4 Å². The van der Waals surface area contributed by atoms with E-state index in [1.54, 1.807) is 19.1 Å². The highest BCUT2D eigenvalue weighted by Crippen LogP contribution is 2.05. The molecule has 0 radical (unpaired) electrons. The molecule has 16 heavy (non-hydrogen) atoms. The third-order valence-corrected chi connectivity index (χ3v) is 2.01. The number of anilines is 1. The summed E-state index contributed by atoms with van der Waals surface area (Å²) in [5, 5.41) is 7.27. The Hall–Kier alpha value is -2.09. The molecule has 82 valence electrons. The molecule has 0 aliphatic rings. The van der Waals surface area contributed by atoms with E-state index in [1.165, 1.54) is 0 Å². The van der Waals surface area contributed by atoms with Crippen LogP contribution in [-0.2, 0) is 0 Å². The highest BCUT2D eigenvalue weighted by molar-refractivity contribution is 5.96. The number of benzene rings is 2. The van der Waals surface area contributed by atoms with Gasteiger partial charge in [-0.15, -0.1) is 0 Å². The average Bonchev–Trinajstić information content (AvgIpc) is 2.32. The zero-order valence-electron chi connectivity index (χ0n) is 9.35. The van der Waals surface area contributed by atoms with Crippen LogP contribution in [0, 0.1) is 5.41 Å². The van der Waals surface area contributed by atoms with Crippen molar-refractivity contribution in [2.75, 3.05) is 5.73 Å². The van der Waals surface area contributed by atoms with Crippen molar-refractivity contribution in [3.05, 3.63) is 66.2 Å². The van der Waals surface area contributed by atoms with Crippen LogP contribution in [0.3, 0.4) is 0 Å². The minimum Gasteiger partial charge on any atom is -0.399 e. The Morgan fingerprint density at radius 3 is 1.56 bits per heavy atom. The molecule has 2 nitrogen and oxygen atoms in total. The highest BCUT2D eigenvalue weighted by atomic mass is 14.5. The fourth-order valence-electron chi connectivity index (χ4n) is 1.12. The Labute approximate surface area is 96.2 Å². The van der Waals surface area contributed by atoms with Gasteiger partial charge in [-0.3, -0.25) is 0 Å². The molecule has 0 amide bonds. The molecule has 0 saturated carbocycles. The Balaban J connectivity index is 0.000000181. The third-order valence-electron chi connectivity index (χ3n) is 2.01. The van der Waals surface area contributed by atoms with E-state index in [0.717, 1.165) is 11.3 Å². The SMILES string of the molecule is CC(=N)c1ccc(N)cc1.c1ccccc1. The normalized spacial score (nSPS) is 8.81. The summed E-state index contributed by atoms with van der Waals surface area (Å²) in [5.74, 6) is 0. The zero-order valence-corrected chi connectivity index (χ0v) is 9.35. The fraction of sp³-hybridized carbons (Fsp3) is 0.0714. The lowest BCUT2D eigenvalue weighted by molar-refractivity contribution is 1.46. The number of hydrogen-bond donors (Lipinski definition) is 2. The summed E-state index contributed by atoms with van der Waals surface area (Å²) in [4.78, 5) is 0. The van der Waals surface area contributed by atoms with E-state index in [-0.39, 0.29) is 0 Å². The van der Waals surface area contributed by atoms with Gasteiger partial charge < -0.3 is 11.1 Å². The maximum atomic E-state index is 7.27. The smallest absolute Gasteiger partial charge is 0.0355 e. The molecular weight excluding hydrogens is 196 g/mol. The van der Waals surface area contributed by atoms with Gasteiger partial charge in [0.2, 0.25) is 0 Å². The number of rotatable bonds is 1. The van der Waals surface area contributed by atoms with E-state index >= 15 is 0 Å². The first-order valence-corrected chi connectivity index (χ1v) is 5.11. The van der Waals surface area contributed by atoms with E-state index in [0.29, 0.717) is 5.71 Å². The van der Waals surface area contributed by atoms with Crippen LogP contribution in [-0.4, -0.2) is 5.71 Å². The van der Waals surface area contributed by atoms with Crippen molar-refractivity contribution in [1.82, 2.24) is 0 Å². The van der Waals surface area contributed by atoms with Crippen LogP contribution in [0.2, 0.25) is 0 Å². The summed E-state index contributed by atoms with van der Waals surface area (Å²) in [7, 11) is 0. The lowest BCUT2D eigenvalue weighted by atomic mass is 10.1. The number of nitrogens with two attached hydrogens (primary N) is 1. The molecule has 2 rings (SSSR count). The first kappa shape index (κ1) is 12.0. The van der Waals surface area contributed by atoms with Crippen molar-refractivity contribution < 1.29 is 0 Å². The topological polar surface area (TPSA) is 49.9 Å². The number of nitrogens with one attached hydrogen (secondary N) is 1. The van der Waals surface area contributed by atoms with Gasteiger partial charge >= 0.3 is 0 Å². The van der Waals surface area contributed by atoms with Crippen LogP contribution in [0.1, 0.15) is 12.5 Å². The molecule has 2 aromatic rings. The van der Waals surface area contributed by atoms with Gasteiger partial charge in [0, 0.05) is 11.4 Å². The molecule has 0 unspecified atom stereocenters. The molecule has 0 saturated heterocycles. The molecule has 0 bridgehead atoms. The second-order valence-electron chi connectivity index (χ2n) is 3.40. The van der Waals surface area contributed by atoms with Gasteiger partial charge in [-0.1, -0.05) is 48.5 Å². The van der Waals surface area contributed by atoms with Gasteiger partial charge in [0.05, 0.1) is 0 Å². The zero-order chi connectivity index (χ0) is 11.8. The summed E-state index contributed by atoms with van der Waals surface area (Å²) < 4.78 is 0. The Bertz CT molecular complexity index is 392. The second-order valence-corrected chi connectivity index (χ2v) is 3.40. The first-order valence-electron chi connectivity index (χ1n) is 5.11. The highest BCUT2D eigenvalue weighted by Gasteiger charge is 1.91. The third kappa shape index (κ3) is 4.42. The summed E-state index contributed by atoms with van der Waals surface area (Å²) in [6.45, 7) is 1.76. The van der Waals surface area contributed by atoms with Crippen LogP contribution in [0.15, 0.2) is 60.7 Å². The quantitative estimate of drug-likeness (QED) is 0.552. The molecule has 0 spiro atoms. The molecule has 3 N–H and O–H groups in total. The van der Waals surface area contributed by atoms with Crippen LogP contribution in [0.4, 0.5) is 5.69 Å². The molecule has 0 aliphatic heterocycles. The number of nitrogen functional groups attached to an aromatic ring is 1. The second kappa shape index (κ2) is 6.40. The maximum Gasteiger partial charge on any atom is 0.0355 e. The monoisotopic (exact) mass is 212 g/mol. The molecule has 2 heteroatoms. The first-order chi connectivity index (χ1) is 7.70. The molecule has 0 fully saturated rings. The lowest BCUT2D eigenvalue weighted by Crippen LogP contribution is -1.91. The molecular formula is C14H16N2. The summed E-state index contributed by atoms with van der Waals surface area (Å²) >= 11 is 0. The van der Waals surface area contributed by atoms with E-state index in [4.69, 9.17) is 11.1 Å². The molecule has 0 aromatic heterocycles. The Morgan fingerprint density at radius 2 is 1.25 bits per heavy atom. The summed E-state index contributed by atoms with van der Waals surface area (Å²) in [6.07, 6.45) is 0. The van der Waals surface area contributed by atoms with Crippen molar-refractivity contribution in [1.29, 1.82) is 5.41 Å². The van der Waals surface area contributed by atoms with Crippen molar-refractivity contribution in [3.8, 4) is 0 Å². The van der Waals surface area contributed by atoms with Gasteiger partial charge in [0.1, 0.15) is 0 Å². The molecule has 0 atom stereocenters. The minimum absolute atomic E-state index is 0.569. The van der Waals surface area contributed by atoms with Gasteiger partial charge in [-0.25, -0.2) is 0 Å². The predicted octanol–water partition coefficient (Wildman–Crippen LogP) is 3.34. The maximum absolute atomic E-state index is 7.27. The van der Waals surface area contributed by atoms with E-state index < -0.39 is 0 Å². The van der Waals surface area contributed by atoms with Crippen LogP contribution >= 0.6 is 0 Å². The van der Waals surface area contributed by atoms with E-state index in [9.17, 15) is 0 Å². The van der Waals surface area contributed by atoms with E-state index in [1.807, 2.05) is 48.5 Å². The minimum atomic E-state index is 0.569. The number of hydrogen-bond acceptors (Lipinski definition) is 2. The Kier molecular flexibility index (Phi) is 4.80. The van der Waals surface area contributed by atoms with Crippen molar-refractivity contribution in [2.45, 2.75) is 6.92 Å². The predicted molar refractivity (Wildman–Crippen MR) is 69.8 cm³/mol. The average molecular weight is 212 g/mol. The van der Waals surface area contributed by atoms with Gasteiger partial charge in [-0.05, 0) is 24.6 Å². The van der Waals surface area contributed by atoms with Gasteiger partial charge in [-0.2, -0.15) is 0 Å². The van der Waals surface area contributed by atoms with Crippen molar-refractivity contribution in [2.24, 2.45) is 0 Å².